The Bertz CT molecular complexity index is 108. The summed E-state index contributed by atoms with van der Waals surface area (Å²) >= 11 is 0. The van der Waals surface area contributed by atoms with Crippen LogP contribution < -0.4 is 5.32 Å². The molecule has 0 rings (SSSR count). The Morgan fingerprint density at radius 1 is 1.42 bits per heavy atom. The Balaban J connectivity index is 3.58. The van der Waals surface area contributed by atoms with Crippen LogP contribution in [-0.2, 0) is 0 Å². The van der Waals surface area contributed by atoms with Crippen molar-refractivity contribution < 1.29 is 5.11 Å². The molecule has 1 unspecified atom stereocenters. The molecule has 0 radical (unpaired) electrons. The van der Waals surface area contributed by atoms with Gasteiger partial charge in [-0.2, -0.15) is 0 Å². The first kappa shape index (κ1) is 11.9. The van der Waals surface area contributed by atoms with Crippen LogP contribution in [-0.4, -0.2) is 24.8 Å². The molecule has 2 heteroatoms. The lowest BCUT2D eigenvalue weighted by atomic mass is 9.88. The number of aliphatic hydroxyl groups is 1. The summed E-state index contributed by atoms with van der Waals surface area (Å²) < 4.78 is 0. The van der Waals surface area contributed by atoms with E-state index in [-0.39, 0.29) is 12.0 Å². The van der Waals surface area contributed by atoms with Crippen LogP contribution in [0.2, 0.25) is 0 Å². The normalized spacial score (nSPS) is 16.5. The van der Waals surface area contributed by atoms with E-state index in [1.807, 2.05) is 0 Å². The third kappa shape index (κ3) is 4.73. The highest BCUT2D eigenvalue weighted by molar-refractivity contribution is 4.74. The topological polar surface area (TPSA) is 32.3 Å². The zero-order valence-electron chi connectivity index (χ0n) is 8.85. The molecule has 0 saturated carbocycles. The molecule has 0 spiro atoms. The van der Waals surface area contributed by atoms with Gasteiger partial charge in [0.15, 0.2) is 0 Å². The first-order valence-corrected chi connectivity index (χ1v) is 4.85. The van der Waals surface area contributed by atoms with Crippen LogP contribution >= 0.6 is 0 Å². The predicted molar refractivity (Wildman–Crippen MR) is 53.2 cm³/mol. The standard InChI is InChI=1S/C10H23NO/c1-5-10(4,8-12)7-11-6-9(2)3/h9,11-12H,5-8H2,1-4H3. The van der Waals surface area contributed by atoms with Crippen molar-refractivity contribution in [3.63, 3.8) is 0 Å². The maximum absolute atomic E-state index is 9.11. The summed E-state index contributed by atoms with van der Waals surface area (Å²) in [5.74, 6) is 0.685. The predicted octanol–water partition coefficient (Wildman–Crippen LogP) is 1.64. The van der Waals surface area contributed by atoms with Gasteiger partial charge in [0, 0.05) is 18.6 Å². The van der Waals surface area contributed by atoms with E-state index in [4.69, 9.17) is 5.11 Å². The van der Waals surface area contributed by atoms with Crippen molar-refractivity contribution in [1.29, 1.82) is 0 Å². The highest BCUT2D eigenvalue weighted by atomic mass is 16.3. The van der Waals surface area contributed by atoms with Crippen molar-refractivity contribution in [3.8, 4) is 0 Å². The van der Waals surface area contributed by atoms with E-state index >= 15 is 0 Å². The molecule has 1 atom stereocenters. The van der Waals surface area contributed by atoms with E-state index in [1.165, 1.54) is 0 Å². The van der Waals surface area contributed by atoms with Crippen LogP contribution in [0.4, 0.5) is 0 Å². The number of aliphatic hydroxyl groups excluding tert-OH is 1. The molecular formula is C10H23NO. The molecule has 0 bridgehead atoms. The van der Waals surface area contributed by atoms with Gasteiger partial charge < -0.3 is 10.4 Å². The second-order valence-corrected chi connectivity index (χ2v) is 4.35. The number of nitrogens with one attached hydrogen (secondary N) is 1. The van der Waals surface area contributed by atoms with E-state index < -0.39 is 0 Å². The average molecular weight is 173 g/mol. The molecule has 74 valence electrons. The van der Waals surface area contributed by atoms with E-state index in [0.717, 1.165) is 19.5 Å². The van der Waals surface area contributed by atoms with E-state index in [2.05, 4.69) is 33.0 Å². The van der Waals surface area contributed by atoms with Crippen LogP contribution in [0, 0.1) is 11.3 Å². The van der Waals surface area contributed by atoms with Gasteiger partial charge in [-0.1, -0.05) is 27.7 Å². The van der Waals surface area contributed by atoms with Crippen molar-refractivity contribution in [2.75, 3.05) is 19.7 Å². The van der Waals surface area contributed by atoms with Crippen molar-refractivity contribution in [3.05, 3.63) is 0 Å². The Hall–Kier alpha value is -0.0800. The molecular weight excluding hydrogens is 150 g/mol. The molecule has 0 aromatic carbocycles. The molecule has 0 aliphatic rings. The highest BCUT2D eigenvalue weighted by Gasteiger charge is 2.19. The molecule has 2 nitrogen and oxygen atoms in total. The lowest BCUT2D eigenvalue weighted by Gasteiger charge is -2.26. The first-order valence-electron chi connectivity index (χ1n) is 4.85. The van der Waals surface area contributed by atoms with Crippen LogP contribution in [0.5, 0.6) is 0 Å². The maximum atomic E-state index is 9.11. The molecule has 0 fully saturated rings. The van der Waals surface area contributed by atoms with E-state index in [0.29, 0.717) is 5.92 Å². The zero-order valence-corrected chi connectivity index (χ0v) is 8.85. The fraction of sp³-hybridized carbons (Fsp3) is 1.00. The summed E-state index contributed by atoms with van der Waals surface area (Å²) in [6, 6.07) is 0. The molecule has 0 aromatic heterocycles. The average Bonchev–Trinajstić information content (AvgIpc) is 2.03. The highest BCUT2D eigenvalue weighted by Crippen LogP contribution is 2.18. The van der Waals surface area contributed by atoms with Gasteiger partial charge in [-0.25, -0.2) is 0 Å². The van der Waals surface area contributed by atoms with Gasteiger partial charge in [-0.15, -0.1) is 0 Å². The second kappa shape index (κ2) is 5.55. The van der Waals surface area contributed by atoms with Crippen molar-refractivity contribution in [1.82, 2.24) is 5.32 Å². The summed E-state index contributed by atoms with van der Waals surface area (Å²) in [5, 5.41) is 12.5. The third-order valence-electron chi connectivity index (χ3n) is 2.34. The summed E-state index contributed by atoms with van der Waals surface area (Å²) in [5.41, 5.74) is 0.0644. The fourth-order valence-electron chi connectivity index (χ4n) is 0.955. The van der Waals surface area contributed by atoms with Gasteiger partial charge >= 0.3 is 0 Å². The molecule has 0 aromatic rings. The van der Waals surface area contributed by atoms with Crippen molar-refractivity contribution in [2.45, 2.75) is 34.1 Å². The minimum atomic E-state index is 0.0644. The summed E-state index contributed by atoms with van der Waals surface area (Å²) in [7, 11) is 0. The Morgan fingerprint density at radius 3 is 2.33 bits per heavy atom. The molecule has 0 aliphatic heterocycles. The van der Waals surface area contributed by atoms with E-state index in [9.17, 15) is 0 Å². The van der Waals surface area contributed by atoms with E-state index in [1.54, 1.807) is 0 Å². The quantitative estimate of drug-likeness (QED) is 0.640. The Morgan fingerprint density at radius 2 is 2.00 bits per heavy atom. The molecule has 2 N–H and O–H groups in total. The Labute approximate surface area is 76.4 Å². The van der Waals surface area contributed by atoms with Gasteiger partial charge in [0.1, 0.15) is 0 Å². The summed E-state index contributed by atoms with van der Waals surface area (Å²) in [6.07, 6.45) is 1.02. The van der Waals surface area contributed by atoms with Gasteiger partial charge in [0.25, 0.3) is 0 Å². The largest absolute Gasteiger partial charge is 0.396 e. The van der Waals surface area contributed by atoms with Gasteiger partial charge in [0.2, 0.25) is 0 Å². The van der Waals surface area contributed by atoms with Crippen LogP contribution in [0.15, 0.2) is 0 Å². The number of hydrogen-bond acceptors (Lipinski definition) is 2. The minimum Gasteiger partial charge on any atom is -0.396 e. The van der Waals surface area contributed by atoms with Crippen LogP contribution in [0.25, 0.3) is 0 Å². The lowest BCUT2D eigenvalue weighted by molar-refractivity contribution is 0.134. The molecule has 0 amide bonds. The monoisotopic (exact) mass is 173 g/mol. The fourth-order valence-corrected chi connectivity index (χ4v) is 0.955. The van der Waals surface area contributed by atoms with Gasteiger partial charge in [-0.05, 0) is 18.9 Å². The minimum absolute atomic E-state index is 0.0644. The smallest absolute Gasteiger partial charge is 0.0496 e. The molecule has 12 heavy (non-hydrogen) atoms. The molecule has 0 saturated heterocycles. The third-order valence-corrected chi connectivity index (χ3v) is 2.34. The van der Waals surface area contributed by atoms with Crippen molar-refractivity contribution in [2.24, 2.45) is 11.3 Å². The zero-order chi connectivity index (χ0) is 9.61. The maximum Gasteiger partial charge on any atom is 0.0496 e. The Kier molecular flexibility index (Phi) is 5.51. The molecule has 0 aliphatic carbocycles. The summed E-state index contributed by atoms with van der Waals surface area (Å²) in [6.45, 7) is 10.8. The second-order valence-electron chi connectivity index (χ2n) is 4.35. The van der Waals surface area contributed by atoms with Crippen LogP contribution in [0.1, 0.15) is 34.1 Å². The number of rotatable bonds is 6. The summed E-state index contributed by atoms with van der Waals surface area (Å²) in [4.78, 5) is 0. The SMILES string of the molecule is CCC(C)(CO)CNCC(C)C. The first-order chi connectivity index (χ1) is 5.54. The van der Waals surface area contributed by atoms with Gasteiger partial charge in [0.05, 0.1) is 0 Å². The van der Waals surface area contributed by atoms with Crippen LogP contribution in [0.3, 0.4) is 0 Å². The number of hydrogen-bond donors (Lipinski definition) is 2. The van der Waals surface area contributed by atoms with Gasteiger partial charge in [-0.3, -0.25) is 0 Å². The molecule has 0 heterocycles. The lowest BCUT2D eigenvalue weighted by Crippen LogP contribution is -2.35. The van der Waals surface area contributed by atoms with Crippen molar-refractivity contribution >= 4 is 0 Å².